The van der Waals surface area contributed by atoms with Crippen molar-refractivity contribution in [3.8, 4) is 0 Å². The second-order valence-electron chi connectivity index (χ2n) is 12.5. The van der Waals surface area contributed by atoms with Gasteiger partial charge < -0.3 is 9.29 Å². The summed E-state index contributed by atoms with van der Waals surface area (Å²) < 4.78 is 74.4. The molecule has 51 heavy (non-hydrogen) atoms. The van der Waals surface area contributed by atoms with E-state index < -0.39 is 21.3 Å². The van der Waals surface area contributed by atoms with Crippen LogP contribution in [0.1, 0.15) is 116 Å². The molecule has 3 aromatic rings. The molecule has 0 N–H and O–H groups in total. The maximum absolute atomic E-state index is 13.6. The monoisotopic (exact) mass is 814 g/mol. The number of carbonyl (C=O) groups excluding carboxylic acids is 1. The lowest BCUT2D eigenvalue weighted by atomic mass is 10.0. The van der Waals surface area contributed by atoms with Crippen molar-refractivity contribution in [1.82, 2.24) is 0 Å². The van der Waals surface area contributed by atoms with Gasteiger partial charge in [-0.25, -0.2) is 17.6 Å². The number of hydrogen-bond donors (Lipinski definition) is 0. The number of halogens is 4. The molecule has 0 saturated heterocycles. The van der Waals surface area contributed by atoms with E-state index in [4.69, 9.17) is 0 Å². The topological polar surface area (TPSA) is 83.5 Å². The normalized spacial score (nSPS) is 11.6. The van der Waals surface area contributed by atoms with E-state index in [9.17, 15) is 30.9 Å². The van der Waals surface area contributed by atoms with E-state index in [1.165, 1.54) is 99.3 Å². The molecule has 0 aliphatic heterocycles. The quantitative estimate of drug-likeness (QED) is 0.0280. The lowest BCUT2D eigenvalue weighted by molar-refractivity contribution is -0.161. The van der Waals surface area contributed by atoms with E-state index in [0.29, 0.717) is 12.8 Å². The first-order valence-corrected chi connectivity index (χ1v) is 22.0. The molecule has 0 aliphatic carbocycles. The fourth-order valence-electron chi connectivity index (χ4n) is 5.49. The van der Waals surface area contributed by atoms with Crippen molar-refractivity contribution in [3.63, 3.8) is 0 Å². The molecular formula is C40H54BrF3O5S2. The summed E-state index contributed by atoms with van der Waals surface area (Å²) in [7, 11) is -6.30. The predicted octanol–water partition coefficient (Wildman–Crippen LogP) is 12.0. The van der Waals surface area contributed by atoms with Crippen molar-refractivity contribution in [3.05, 3.63) is 90.7 Å². The summed E-state index contributed by atoms with van der Waals surface area (Å²) in [6.45, 7) is -0.304. The third-order valence-electron chi connectivity index (χ3n) is 8.30. The van der Waals surface area contributed by atoms with Gasteiger partial charge in [0.15, 0.2) is 24.8 Å². The molecule has 3 aromatic carbocycles. The van der Waals surface area contributed by atoms with Crippen LogP contribution in [-0.4, -0.2) is 36.1 Å². The molecular weight excluding hydrogens is 761 g/mol. The third kappa shape index (κ3) is 18.8. The van der Waals surface area contributed by atoms with Gasteiger partial charge in [0.2, 0.25) is 0 Å². The molecule has 3 rings (SSSR count). The van der Waals surface area contributed by atoms with Gasteiger partial charge in [0.25, 0.3) is 0 Å². The highest BCUT2D eigenvalue weighted by Gasteiger charge is 2.48. The minimum Gasteiger partial charge on any atom is -0.743 e. The van der Waals surface area contributed by atoms with Crippen molar-refractivity contribution >= 4 is 42.9 Å². The molecule has 0 spiro atoms. The molecule has 11 heteroatoms. The van der Waals surface area contributed by atoms with Gasteiger partial charge in [-0.3, -0.25) is 0 Å². The molecule has 284 valence electrons. The number of carbonyl (C=O) groups is 1. The summed E-state index contributed by atoms with van der Waals surface area (Å²) in [5, 5.41) is -3.89. The fraction of sp³-hybridized carbons (Fsp3) is 0.525. The van der Waals surface area contributed by atoms with Gasteiger partial charge >= 0.3 is 11.2 Å². The molecule has 0 radical (unpaired) electrons. The van der Waals surface area contributed by atoms with Gasteiger partial charge in [-0.1, -0.05) is 161 Å². The minimum absolute atomic E-state index is 0.188. The number of benzene rings is 3. The smallest absolute Gasteiger partial charge is 0.428 e. The zero-order chi connectivity index (χ0) is 37.2. The van der Waals surface area contributed by atoms with Gasteiger partial charge in [0.1, 0.15) is 5.82 Å². The second-order valence-corrected chi connectivity index (χ2v) is 16.8. The zero-order valence-corrected chi connectivity index (χ0v) is 32.8. The van der Waals surface area contributed by atoms with Crippen molar-refractivity contribution in [2.45, 2.75) is 136 Å². The van der Waals surface area contributed by atoms with Crippen LogP contribution in [0.5, 0.6) is 0 Å². The highest BCUT2D eigenvalue weighted by molar-refractivity contribution is 9.09. The SMILES string of the molecule is Fc1cccc([S+](c2ccccc2)c2ccccc2)c1.O=C(OCCCCCCCCCCCCCCCCCCCCBr)C(F)(F)S(=O)(=O)[O-]. The van der Waals surface area contributed by atoms with Crippen molar-refractivity contribution in [2.75, 3.05) is 11.9 Å². The van der Waals surface area contributed by atoms with Gasteiger partial charge in [0, 0.05) is 11.4 Å². The number of ether oxygens (including phenoxy) is 1. The molecule has 0 aliphatic rings. The number of rotatable bonds is 25. The van der Waals surface area contributed by atoms with Crippen LogP contribution in [0.2, 0.25) is 0 Å². The maximum atomic E-state index is 13.6. The first-order chi connectivity index (χ1) is 24.6. The Labute approximate surface area is 315 Å². The molecule has 5 nitrogen and oxygen atoms in total. The Morgan fingerprint density at radius 2 is 0.980 bits per heavy atom. The molecule has 0 saturated carbocycles. The Morgan fingerprint density at radius 1 is 0.608 bits per heavy atom. The van der Waals surface area contributed by atoms with E-state index in [2.05, 4.69) is 44.9 Å². The van der Waals surface area contributed by atoms with Crippen LogP contribution in [0.4, 0.5) is 13.2 Å². The first kappa shape index (κ1) is 44.8. The van der Waals surface area contributed by atoms with E-state index in [1.807, 2.05) is 42.5 Å². The molecule has 0 heterocycles. The summed E-state index contributed by atoms with van der Waals surface area (Å²) in [5.41, 5.74) is 0. The number of hydrogen-bond acceptors (Lipinski definition) is 5. The van der Waals surface area contributed by atoms with E-state index in [-0.39, 0.29) is 23.3 Å². The number of unbranched alkanes of at least 4 members (excludes halogenated alkanes) is 17. The maximum Gasteiger partial charge on any atom is 0.428 e. The molecule has 0 aromatic heterocycles. The Balaban J connectivity index is 0.000000383. The van der Waals surface area contributed by atoms with Gasteiger partial charge in [-0.15, -0.1) is 0 Å². The van der Waals surface area contributed by atoms with Crippen molar-refractivity contribution in [2.24, 2.45) is 0 Å². The first-order valence-electron chi connectivity index (χ1n) is 18.2. The average Bonchev–Trinajstić information content (AvgIpc) is 3.11. The second kappa shape index (κ2) is 26.4. The Bertz CT molecular complexity index is 1410. The van der Waals surface area contributed by atoms with Gasteiger partial charge in [0.05, 0.1) is 17.5 Å². The highest BCUT2D eigenvalue weighted by atomic mass is 79.9. The number of esters is 1. The Kier molecular flexibility index (Phi) is 23.2. The standard InChI is InChI=1S/C22H41BrF2O5S.C18H14FS/c23-19-17-15-13-11-9-7-5-3-1-2-4-6-8-10-12-14-16-18-20-30-21(26)22(24,25)31(27,28)29;19-15-8-7-13-18(14-15)20(16-9-3-1-4-10-16)17-11-5-2-6-12-17/h1-20H2,(H,27,28,29);1-14H/q;+1/p-1. The largest absolute Gasteiger partial charge is 0.743 e. The lowest BCUT2D eigenvalue weighted by Gasteiger charge is -2.17. The highest BCUT2D eigenvalue weighted by Crippen LogP contribution is 2.31. The van der Waals surface area contributed by atoms with E-state index >= 15 is 0 Å². The van der Waals surface area contributed by atoms with Crippen LogP contribution in [0.25, 0.3) is 0 Å². The summed E-state index contributed by atoms with van der Waals surface area (Å²) >= 11 is 3.46. The summed E-state index contributed by atoms with van der Waals surface area (Å²) in [4.78, 5) is 14.3. The van der Waals surface area contributed by atoms with Crippen LogP contribution in [-0.2, 0) is 30.5 Å². The van der Waals surface area contributed by atoms with E-state index in [0.717, 1.165) is 29.5 Å². The average molecular weight is 816 g/mol. The van der Waals surface area contributed by atoms with Crippen LogP contribution in [0.3, 0.4) is 0 Å². The van der Waals surface area contributed by atoms with Crippen LogP contribution < -0.4 is 0 Å². The molecule has 0 atom stereocenters. The van der Waals surface area contributed by atoms with Crippen molar-refractivity contribution < 1.29 is 35.7 Å². The zero-order valence-electron chi connectivity index (χ0n) is 29.6. The third-order valence-corrected chi connectivity index (χ3v) is 11.9. The van der Waals surface area contributed by atoms with Crippen LogP contribution in [0.15, 0.2) is 99.6 Å². The van der Waals surface area contributed by atoms with Crippen molar-refractivity contribution in [1.29, 1.82) is 0 Å². The molecule has 0 bridgehead atoms. The molecule has 0 amide bonds. The predicted molar refractivity (Wildman–Crippen MR) is 204 cm³/mol. The fourth-order valence-corrected chi connectivity index (χ4v) is 8.27. The lowest BCUT2D eigenvalue weighted by Crippen LogP contribution is -2.39. The molecule has 0 fully saturated rings. The summed E-state index contributed by atoms with van der Waals surface area (Å²) in [6, 6.07) is 27.4. The van der Waals surface area contributed by atoms with Crippen LogP contribution in [0, 0.1) is 5.82 Å². The van der Waals surface area contributed by atoms with E-state index in [1.54, 1.807) is 12.1 Å². The molecule has 0 unspecified atom stereocenters. The Hall–Kier alpha value is -2.34. The summed E-state index contributed by atoms with van der Waals surface area (Å²) in [5.74, 6) is -2.48. The van der Waals surface area contributed by atoms with Gasteiger partial charge in [-0.2, -0.15) is 8.78 Å². The minimum atomic E-state index is -6.04. The number of alkyl halides is 3. The Morgan fingerprint density at radius 3 is 1.35 bits per heavy atom. The summed E-state index contributed by atoms with van der Waals surface area (Å²) in [6.07, 6.45) is 21.3. The van der Waals surface area contributed by atoms with Crippen LogP contribution >= 0.6 is 15.9 Å². The van der Waals surface area contributed by atoms with Gasteiger partial charge in [-0.05, 0) is 49.2 Å².